The lowest BCUT2D eigenvalue weighted by Crippen LogP contribution is -2.29. The summed E-state index contributed by atoms with van der Waals surface area (Å²) in [6, 6.07) is 7.03. The minimum absolute atomic E-state index is 0.275. The number of rotatable bonds is 0. The van der Waals surface area contributed by atoms with Gasteiger partial charge in [-0.2, -0.15) is 8.42 Å². The molecule has 0 radical (unpaired) electrons. The Kier molecular flexibility index (Phi) is 2.47. The molecule has 0 fully saturated rings. The van der Waals surface area contributed by atoms with E-state index < -0.39 is 10.2 Å². The van der Waals surface area contributed by atoms with Crippen LogP contribution in [0, 0.1) is 0 Å². The number of hydrogen-bond acceptors (Lipinski definition) is 4. The zero-order chi connectivity index (χ0) is 11.8. The second kappa shape index (κ2) is 3.67. The Morgan fingerprint density at radius 2 is 1.81 bits per heavy atom. The van der Waals surface area contributed by atoms with Gasteiger partial charge in [-0.3, -0.25) is 4.72 Å². The summed E-state index contributed by atoms with van der Waals surface area (Å²) >= 11 is 0. The van der Waals surface area contributed by atoms with Crippen molar-refractivity contribution in [3.8, 4) is 0 Å². The average Bonchev–Trinajstić information content (AvgIpc) is 2.31. The van der Waals surface area contributed by atoms with Crippen LogP contribution < -0.4 is 10.0 Å². The minimum Gasteiger partial charge on any atom is -0.348 e. The van der Waals surface area contributed by atoms with E-state index in [1.165, 1.54) is 0 Å². The fraction of sp³-hybridized carbons (Fsp3) is 0.222. The number of para-hydroxylation sites is 2. The smallest absolute Gasteiger partial charge is 0.345 e. The van der Waals surface area contributed by atoms with Gasteiger partial charge in [0.2, 0.25) is 5.96 Å². The molecule has 86 valence electrons. The quantitative estimate of drug-likeness (QED) is 0.699. The normalized spacial score (nSPS) is 17.2. The molecule has 1 aliphatic rings. The molecular formula is C9H12N4O2S. The molecule has 1 aliphatic heterocycles. The highest BCUT2D eigenvalue weighted by Crippen LogP contribution is 2.24. The summed E-state index contributed by atoms with van der Waals surface area (Å²) in [5, 5.41) is 2.95. The second-order valence-electron chi connectivity index (χ2n) is 3.56. The molecule has 0 saturated heterocycles. The molecule has 1 aromatic rings. The standard InChI is InChI=1S/C9H12N4O2S/c1-13(2)9-10-7-5-3-4-6-8(7)11-16(14,15)12-9/h3-6,11H,1-2H3,(H,10,12). The van der Waals surface area contributed by atoms with Crippen LogP contribution in [-0.2, 0) is 10.2 Å². The molecule has 1 aromatic carbocycles. The molecule has 0 aromatic heterocycles. The molecule has 1 heterocycles. The summed E-state index contributed by atoms with van der Waals surface area (Å²) in [5.74, 6) is 0.275. The monoisotopic (exact) mass is 240 g/mol. The fourth-order valence-corrected chi connectivity index (χ4v) is 2.23. The number of fused-ring (bicyclic) bond motifs is 1. The van der Waals surface area contributed by atoms with Crippen molar-refractivity contribution in [3.05, 3.63) is 24.3 Å². The van der Waals surface area contributed by atoms with Crippen LogP contribution in [0.4, 0.5) is 11.4 Å². The molecule has 0 atom stereocenters. The summed E-state index contributed by atoms with van der Waals surface area (Å²) in [5.41, 5.74) is 1.17. The number of benzene rings is 1. The van der Waals surface area contributed by atoms with Gasteiger partial charge in [0.25, 0.3) is 0 Å². The van der Waals surface area contributed by atoms with Crippen molar-refractivity contribution in [1.29, 1.82) is 0 Å². The summed E-state index contributed by atoms with van der Waals surface area (Å²) < 4.78 is 29.2. The van der Waals surface area contributed by atoms with Crippen LogP contribution in [0.5, 0.6) is 0 Å². The Hall–Kier alpha value is -1.76. The molecule has 0 bridgehead atoms. The van der Waals surface area contributed by atoms with E-state index in [4.69, 9.17) is 0 Å². The van der Waals surface area contributed by atoms with Crippen molar-refractivity contribution in [2.75, 3.05) is 24.1 Å². The molecule has 7 heteroatoms. The van der Waals surface area contributed by atoms with Crippen LogP contribution in [0.2, 0.25) is 0 Å². The zero-order valence-electron chi connectivity index (χ0n) is 8.93. The highest BCUT2D eigenvalue weighted by Gasteiger charge is 2.19. The second-order valence-corrected chi connectivity index (χ2v) is 4.89. The number of anilines is 2. The number of guanidine groups is 1. The lowest BCUT2D eigenvalue weighted by atomic mass is 10.3. The van der Waals surface area contributed by atoms with Gasteiger partial charge in [0.15, 0.2) is 0 Å². The molecule has 0 aliphatic carbocycles. The maximum atomic E-state index is 11.6. The van der Waals surface area contributed by atoms with E-state index in [-0.39, 0.29) is 5.96 Å². The first-order chi connectivity index (χ1) is 7.48. The molecule has 0 amide bonds. The fourth-order valence-electron chi connectivity index (χ4n) is 1.29. The Bertz CT molecular complexity index is 536. The van der Waals surface area contributed by atoms with E-state index in [1.54, 1.807) is 37.2 Å². The van der Waals surface area contributed by atoms with Gasteiger partial charge in [-0.15, -0.1) is 4.40 Å². The third-order valence-corrected chi connectivity index (χ3v) is 2.93. The largest absolute Gasteiger partial charge is 0.348 e. The third kappa shape index (κ3) is 2.08. The lowest BCUT2D eigenvalue weighted by molar-refractivity contribution is 0.596. The predicted octanol–water partition coefficient (Wildman–Crippen LogP) is 0.686. The summed E-state index contributed by atoms with van der Waals surface area (Å²) in [4.78, 5) is 1.60. The Morgan fingerprint density at radius 3 is 2.44 bits per heavy atom. The molecular weight excluding hydrogens is 228 g/mol. The topological polar surface area (TPSA) is 73.8 Å². The first kappa shape index (κ1) is 10.7. The van der Waals surface area contributed by atoms with E-state index in [0.717, 1.165) is 0 Å². The molecule has 16 heavy (non-hydrogen) atoms. The molecule has 2 N–H and O–H groups in total. The summed E-state index contributed by atoms with van der Waals surface area (Å²) in [6.45, 7) is 0. The third-order valence-electron chi connectivity index (χ3n) is 2.04. The van der Waals surface area contributed by atoms with Crippen LogP contribution in [-0.4, -0.2) is 33.4 Å². The van der Waals surface area contributed by atoms with E-state index in [1.807, 2.05) is 6.07 Å². The van der Waals surface area contributed by atoms with Crippen molar-refractivity contribution >= 4 is 27.5 Å². The number of hydrogen-bond donors (Lipinski definition) is 2. The Labute approximate surface area is 94.2 Å². The molecule has 0 saturated carbocycles. The molecule has 6 nitrogen and oxygen atoms in total. The van der Waals surface area contributed by atoms with Crippen molar-refractivity contribution in [1.82, 2.24) is 4.90 Å². The SMILES string of the molecule is CN(C)C1=NS(=O)(=O)Nc2ccccc2N1. The Morgan fingerprint density at radius 1 is 1.19 bits per heavy atom. The van der Waals surface area contributed by atoms with Gasteiger partial charge in [-0.05, 0) is 12.1 Å². The van der Waals surface area contributed by atoms with Crippen molar-refractivity contribution in [3.63, 3.8) is 0 Å². The van der Waals surface area contributed by atoms with Gasteiger partial charge in [0.05, 0.1) is 11.4 Å². The van der Waals surface area contributed by atoms with Gasteiger partial charge >= 0.3 is 10.2 Å². The number of nitrogens with one attached hydrogen (secondary N) is 2. The average molecular weight is 240 g/mol. The molecule has 0 unspecified atom stereocenters. The van der Waals surface area contributed by atoms with E-state index in [2.05, 4.69) is 14.4 Å². The summed E-state index contributed by atoms with van der Waals surface area (Å²) in [6.07, 6.45) is 0. The van der Waals surface area contributed by atoms with Crippen LogP contribution in [0.25, 0.3) is 0 Å². The Balaban J connectivity index is 2.53. The first-order valence-electron chi connectivity index (χ1n) is 4.64. The predicted molar refractivity (Wildman–Crippen MR) is 63.7 cm³/mol. The highest BCUT2D eigenvalue weighted by atomic mass is 32.2. The van der Waals surface area contributed by atoms with E-state index in [0.29, 0.717) is 11.4 Å². The van der Waals surface area contributed by atoms with Crippen molar-refractivity contribution < 1.29 is 8.42 Å². The maximum Gasteiger partial charge on any atom is 0.345 e. The number of nitrogens with zero attached hydrogens (tertiary/aromatic N) is 2. The zero-order valence-corrected chi connectivity index (χ0v) is 9.75. The van der Waals surface area contributed by atoms with Crippen molar-refractivity contribution in [2.45, 2.75) is 0 Å². The van der Waals surface area contributed by atoms with Gasteiger partial charge in [0.1, 0.15) is 0 Å². The van der Waals surface area contributed by atoms with E-state index >= 15 is 0 Å². The molecule has 2 rings (SSSR count). The van der Waals surface area contributed by atoms with Gasteiger partial charge in [-0.1, -0.05) is 12.1 Å². The minimum atomic E-state index is -3.69. The van der Waals surface area contributed by atoms with Crippen LogP contribution in [0.3, 0.4) is 0 Å². The first-order valence-corrected chi connectivity index (χ1v) is 6.08. The van der Waals surface area contributed by atoms with Crippen LogP contribution in [0.1, 0.15) is 0 Å². The van der Waals surface area contributed by atoms with Gasteiger partial charge in [0, 0.05) is 14.1 Å². The molecule has 0 spiro atoms. The van der Waals surface area contributed by atoms with Crippen LogP contribution >= 0.6 is 0 Å². The van der Waals surface area contributed by atoms with Crippen molar-refractivity contribution in [2.24, 2.45) is 4.40 Å². The highest BCUT2D eigenvalue weighted by molar-refractivity contribution is 7.91. The van der Waals surface area contributed by atoms with E-state index in [9.17, 15) is 8.42 Å². The van der Waals surface area contributed by atoms with Crippen LogP contribution in [0.15, 0.2) is 28.7 Å². The van der Waals surface area contributed by atoms with Gasteiger partial charge < -0.3 is 10.2 Å². The summed E-state index contributed by atoms with van der Waals surface area (Å²) in [7, 11) is -0.258. The lowest BCUT2D eigenvalue weighted by Gasteiger charge is -2.15. The van der Waals surface area contributed by atoms with Gasteiger partial charge in [-0.25, -0.2) is 0 Å². The maximum absolute atomic E-state index is 11.6.